The first-order chi connectivity index (χ1) is 26.5. The maximum Gasteiger partial charge on any atom is 0.337 e. The summed E-state index contributed by atoms with van der Waals surface area (Å²) in [7, 11) is 2.74. The second kappa shape index (κ2) is 23.5. The Labute approximate surface area is 330 Å². The number of methoxy groups -OCH3 is 1. The molecule has 0 aliphatic carbocycles. The van der Waals surface area contributed by atoms with Gasteiger partial charge in [-0.3, -0.25) is 9.59 Å². The molecule has 0 unspecified atom stereocenters. The van der Waals surface area contributed by atoms with Crippen LogP contribution < -0.4 is 10.6 Å². The number of nitrogens with one attached hydrogen (secondary N) is 2. The number of carbonyl (C=O) groups is 4. The van der Waals surface area contributed by atoms with E-state index in [1.807, 2.05) is 24.3 Å². The molecule has 0 saturated carbocycles. The highest BCUT2D eigenvalue weighted by molar-refractivity contribution is 5.95. The zero-order valence-electron chi connectivity index (χ0n) is 34.2. The third-order valence-corrected chi connectivity index (χ3v) is 8.05. The zero-order chi connectivity index (χ0) is 41.7. The van der Waals surface area contributed by atoms with Gasteiger partial charge < -0.3 is 25.0 Å². The summed E-state index contributed by atoms with van der Waals surface area (Å²) in [5.41, 5.74) is 4.03. The van der Waals surface area contributed by atoms with Crippen LogP contribution in [0.15, 0.2) is 77.3 Å². The van der Waals surface area contributed by atoms with Crippen LogP contribution in [0, 0.1) is 10.8 Å². The van der Waals surface area contributed by atoms with Crippen LogP contribution in [0.25, 0.3) is 11.5 Å². The van der Waals surface area contributed by atoms with Crippen molar-refractivity contribution in [3.05, 3.63) is 106 Å². The van der Waals surface area contributed by atoms with Gasteiger partial charge in [-0.05, 0) is 96.3 Å². The van der Waals surface area contributed by atoms with E-state index in [4.69, 9.17) is 14.5 Å². The largest absolute Gasteiger partial charge is 0.478 e. The number of aromatic nitrogens is 2. The van der Waals surface area contributed by atoms with Crippen molar-refractivity contribution in [2.45, 2.75) is 87.2 Å². The smallest absolute Gasteiger partial charge is 0.337 e. The number of rotatable bonds is 15. The average Bonchev–Trinajstić information content (AvgIpc) is 3.64. The Kier molecular flexibility index (Phi) is 19.6. The Morgan fingerprint density at radius 2 is 1.20 bits per heavy atom. The minimum absolute atomic E-state index is 0.0385. The molecule has 0 bridgehead atoms. The Balaban J connectivity index is 0.000000303. The number of carboxylic acids is 1. The van der Waals surface area contributed by atoms with E-state index in [-0.39, 0.29) is 28.2 Å². The lowest BCUT2D eigenvalue weighted by atomic mass is 9.92. The molecule has 0 aliphatic heterocycles. The first kappa shape index (κ1) is 46.8. The molecule has 4 rings (SSSR count). The van der Waals surface area contributed by atoms with Crippen molar-refractivity contribution in [1.29, 1.82) is 0 Å². The molecule has 13 heteroatoms. The Hall–Kier alpha value is -5.40. The van der Waals surface area contributed by atoms with Gasteiger partial charge in [-0.2, -0.15) is 4.98 Å². The number of unbranched alkanes of at least 4 members (excludes halogenated alkanes) is 1. The minimum Gasteiger partial charge on any atom is -0.478 e. The molecule has 0 spiro atoms. The van der Waals surface area contributed by atoms with Crippen LogP contribution in [0.2, 0.25) is 0 Å². The Morgan fingerprint density at radius 3 is 1.64 bits per heavy atom. The number of esters is 1. The summed E-state index contributed by atoms with van der Waals surface area (Å²) in [6.45, 7) is 16.8. The van der Waals surface area contributed by atoms with Gasteiger partial charge in [0.2, 0.25) is 0 Å². The predicted molar refractivity (Wildman–Crippen MR) is 214 cm³/mol. The monoisotopic (exact) mass is 774 g/mol. The number of aromatic carboxylic acids is 1. The van der Waals surface area contributed by atoms with E-state index in [9.17, 15) is 19.2 Å². The molecule has 0 atom stereocenters. The van der Waals surface area contributed by atoms with Crippen LogP contribution in [0.5, 0.6) is 0 Å². The summed E-state index contributed by atoms with van der Waals surface area (Å²) in [5.74, 6) is -0.353. The van der Waals surface area contributed by atoms with Crippen LogP contribution in [0.3, 0.4) is 0 Å². The number of ether oxygens (including phenoxy) is 1. The van der Waals surface area contributed by atoms with Crippen molar-refractivity contribution >= 4 is 23.8 Å². The summed E-state index contributed by atoms with van der Waals surface area (Å²) in [4.78, 5) is 59.1. The van der Waals surface area contributed by atoms with Gasteiger partial charge >= 0.3 is 11.9 Å². The van der Waals surface area contributed by atoms with Crippen LogP contribution in [-0.4, -0.2) is 66.3 Å². The number of hydrogen-bond acceptors (Lipinski definition) is 10. The number of carboxylic acid groups (broad SMARTS) is 1. The van der Waals surface area contributed by atoms with Gasteiger partial charge in [-0.1, -0.05) is 72.2 Å². The van der Waals surface area contributed by atoms with Gasteiger partial charge in [0.05, 0.1) is 25.3 Å². The van der Waals surface area contributed by atoms with Crippen molar-refractivity contribution in [3.8, 4) is 11.5 Å². The highest BCUT2D eigenvalue weighted by Crippen LogP contribution is 2.20. The third kappa shape index (κ3) is 18.3. The Bertz CT molecular complexity index is 1790. The van der Waals surface area contributed by atoms with Crippen LogP contribution in [0.4, 0.5) is 0 Å². The van der Waals surface area contributed by atoms with Gasteiger partial charge in [0, 0.05) is 36.2 Å². The SMILES string of the molecule is CCCCc1noc(-c2ccc(C(=O)NCCC(C)(C)C)cc2)n1.COC(=O)c1ccc(C(=O)O)cc1.COOCc1ccc(C(=O)NCCC(C)(C)C)cc1. The van der Waals surface area contributed by atoms with E-state index < -0.39 is 11.9 Å². The number of aryl methyl sites for hydroxylation is 1. The fourth-order valence-corrected chi connectivity index (χ4v) is 4.62. The number of nitrogens with zero attached hydrogens (tertiary/aromatic N) is 2. The number of benzene rings is 3. The third-order valence-electron chi connectivity index (χ3n) is 8.05. The van der Waals surface area contributed by atoms with Gasteiger partial charge in [-0.25, -0.2) is 19.4 Å². The molecule has 0 fully saturated rings. The minimum atomic E-state index is -1.02. The molecular formula is C43H58N4O9. The number of carbonyl (C=O) groups excluding carboxylic acids is 3. The number of amides is 2. The molecule has 0 aliphatic rings. The molecule has 1 aromatic heterocycles. The highest BCUT2D eigenvalue weighted by Gasteiger charge is 2.14. The number of hydrogen-bond donors (Lipinski definition) is 3. The van der Waals surface area contributed by atoms with Crippen molar-refractivity contribution in [2.24, 2.45) is 10.8 Å². The fourth-order valence-electron chi connectivity index (χ4n) is 4.62. The lowest BCUT2D eigenvalue weighted by Crippen LogP contribution is -2.27. The predicted octanol–water partition coefficient (Wildman–Crippen LogP) is 8.35. The quantitative estimate of drug-likeness (QED) is 0.0600. The van der Waals surface area contributed by atoms with Crippen molar-refractivity contribution < 1.29 is 43.3 Å². The normalized spacial score (nSPS) is 10.9. The first-order valence-electron chi connectivity index (χ1n) is 18.6. The molecule has 0 saturated heterocycles. The van der Waals surface area contributed by atoms with E-state index in [0.29, 0.717) is 42.3 Å². The lowest BCUT2D eigenvalue weighted by molar-refractivity contribution is -0.282. The molecule has 13 nitrogen and oxygen atoms in total. The average molecular weight is 775 g/mol. The summed E-state index contributed by atoms with van der Waals surface area (Å²) < 4.78 is 9.74. The second-order valence-corrected chi connectivity index (χ2v) is 15.3. The first-order valence-corrected chi connectivity index (χ1v) is 18.6. The zero-order valence-corrected chi connectivity index (χ0v) is 34.2. The van der Waals surface area contributed by atoms with Crippen LogP contribution >= 0.6 is 0 Å². The lowest BCUT2D eigenvalue weighted by Gasteiger charge is -2.18. The molecule has 56 heavy (non-hydrogen) atoms. The van der Waals surface area contributed by atoms with Gasteiger partial charge in [0.15, 0.2) is 5.82 Å². The van der Waals surface area contributed by atoms with Crippen LogP contribution in [0.1, 0.15) is 127 Å². The summed E-state index contributed by atoms with van der Waals surface area (Å²) in [6.07, 6.45) is 4.88. The molecule has 0 radical (unpaired) electrons. The van der Waals surface area contributed by atoms with E-state index in [2.05, 4.69) is 78.9 Å². The molecule has 2 amide bonds. The highest BCUT2D eigenvalue weighted by atomic mass is 17.2. The van der Waals surface area contributed by atoms with E-state index in [1.165, 1.54) is 38.5 Å². The second-order valence-electron chi connectivity index (χ2n) is 15.3. The van der Waals surface area contributed by atoms with Gasteiger partial charge in [-0.15, -0.1) is 0 Å². The van der Waals surface area contributed by atoms with E-state index in [0.717, 1.165) is 49.1 Å². The molecule has 1 heterocycles. The molecule has 4 aromatic rings. The van der Waals surface area contributed by atoms with Crippen molar-refractivity contribution in [3.63, 3.8) is 0 Å². The van der Waals surface area contributed by atoms with E-state index in [1.54, 1.807) is 24.3 Å². The standard InChI is InChI=1S/C19H27N3O2.C15H23NO3.C9H8O4/c1-5-6-7-16-21-18(24-22-16)15-10-8-14(9-11-15)17(23)20-13-12-19(2,3)4;1-15(2,3)9-10-16-14(17)13-7-5-12(6-8-13)11-19-18-4;1-13-9(12)7-4-2-6(3-5-7)8(10)11/h8-11H,5-7,12-13H2,1-4H3,(H,20,23);5-8H,9-11H2,1-4H3,(H,16,17);2-5H,1H3,(H,10,11). The van der Waals surface area contributed by atoms with Crippen molar-refractivity contribution in [1.82, 2.24) is 20.8 Å². The topological polar surface area (TPSA) is 179 Å². The van der Waals surface area contributed by atoms with E-state index >= 15 is 0 Å². The maximum absolute atomic E-state index is 12.1. The van der Waals surface area contributed by atoms with Gasteiger partial charge in [0.25, 0.3) is 17.7 Å². The molecule has 304 valence electrons. The molecule has 3 N–H and O–H groups in total. The van der Waals surface area contributed by atoms with Gasteiger partial charge in [0.1, 0.15) is 6.61 Å². The van der Waals surface area contributed by atoms with Crippen molar-refractivity contribution in [2.75, 3.05) is 27.3 Å². The summed E-state index contributed by atoms with van der Waals surface area (Å²) in [6, 6.07) is 20.1. The Morgan fingerprint density at radius 1 is 0.714 bits per heavy atom. The molecule has 3 aromatic carbocycles. The van der Waals surface area contributed by atoms with Crippen LogP contribution in [-0.2, 0) is 27.5 Å². The summed E-state index contributed by atoms with van der Waals surface area (Å²) >= 11 is 0. The molecular weight excluding hydrogens is 716 g/mol. The maximum atomic E-state index is 12.1. The summed E-state index contributed by atoms with van der Waals surface area (Å²) in [5, 5.41) is 18.4. The fraction of sp³-hybridized carbons (Fsp3) is 0.442.